The first kappa shape index (κ1) is 19.3. The zero-order chi connectivity index (χ0) is 17.9. The van der Waals surface area contributed by atoms with Crippen molar-refractivity contribution < 1.29 is 23.8 Å². The van der Waals surface area contributed by atoms with Crippen molar-refractivity contribution in [2.24, 2.45) is 0 Å². The van der Waals surface area contributed by atoms with E-state index in [1.54, 1.807) is 6.07 Å². The van der Waals surface area contributed by atoms with Crippen LogP contribution in [0.3, 0.4) is 0 Å². The number of carbonyl (C=O) groups is 2. The van der Waals surface area contributed by atoms with Gasteiger partial charge >= 0.3 is 6.03 Å². The zero-order valence-corrected chi connectivity index (χ0v) is 13.2. The number of halogens is 1. The number of amides is 3. The fourth-order valence-electron chi connectivity index (χ4n) is 1.73. The molecule has 0 radical (unpaired) electrons. The van der Waals surface area contributed by atoms with Gasteiger partial charge < -0.3 is 25.8 Å². The highest BCUT2D eigenvalue weighted by molar-refractivity contribution is 5.87. The highest BCUT2D eigenvalue weighted by Crippen LogP contribution is 2.14. The summed E-state index contributed by atoms with van der Waals surface area (Å²) in [7, 11) is 0. The summed E-state index contributed by atoms with van der Waals surface area (Å²) in [4.78, 5) is 23.5. The number of urea groups is 1. The Hall–Kier alpha value is -2.79. The van der Waals surface area contributed by atoms with Crippen LogP contribution in [0.25, 0.3) is 0 Å². The average molecular weight is 337 g/mol. The molecule has 1 aromatic rings. The van der Waals surface area contributed by atoms with Gasteiger partial charge in [-0.25, -0.2) is 9.18 Å². The molecule has 1 rings (SSSR count). The molecule has 8 heteroatoms. The van der Waals surface area contributed by atoms with Crippen LogP contribution in [0.2, 0.25) is 0 Å². The summed E-state index contributed by atoms with van der Waals surface area (Å²) in [6.07, 6.45) is 3.92. The molecule has 0 aliphatic heterocycles. The number of aliphatic hydroxyl groups is 1. The van der Waals surface area contributed by atoms with Crippen LogP contribution in [-0.2, 0) is 4.79 Å². The third-order valence-electron chi connectivity index (χ3n) is 2.90. The smallest absolute Gasteiger partial charge is 0.315 e. The molecule has 0 aliphatic carbocycles. The van der Waals surface area contributed by atoms with Crippen LogP contribution < -0.4 is 20.7 Å². The molecule has 2 atom stereocenters. The van der Waals surface area contributed by atoms with Crippen LogP contribution in [0.15, 0.2) is 24.3 Å². The number of hydrogen-bond acceptors (Lipinski definition) is 4. The molecule has 0 aliphatic rings. The van der Waals surface area contributed by atoms with E-state index in [-0.39, 0.29) is 25.4 Å². The number of terminal acetylenes is 1. The molecule has 4 N–H and O–H groups in total. The number of hydrogen-bond donors (Lipinski definition) is 4. The summed E-state index contributed by atoms with van der Waals surface area (Å²) in [6.45, 7) is 1.47. The molecular formula is C16H20FN3O4. The Labute approximate surface area is 139 Å². The predicted octanol–water partition coefficient (Wildman–Crippen LogP) is 0.00250. The fraction of sp³-hybridized carbons (Fsp3) is 0.375. The van der Waals surface area contributed by atoms with E-state index in [1.165, 1.54) is 25.1 Å². The molecule has 0 unspecified atom stereocenters. The monoisotopic (exact) mass is 337 g/mol. The van der Waals surface area contributed by atoms with Crippen molar-refractivity contribution in [3.63, 3.8) is 0 Å². The highest BCUT2D eigenvalue weighted by Gasteiger charge is 2.24. The maximum atomic E-state index is 13.3. The van der Waals surface area contributed by atoms with E-state index in [2.05, 4.69) is 21.9 Å². The Kier molecular flexibility index (Phi) is 8.08. The summed E-state index contributed by atoms with van der Waals surface area (Å²) in [5.74, 6) is 1.20. The van der Waals surface area contributed by atoms with E-state index >= 15 is 0 Å². The summed E-state index contributed by atoms with van der Waals surface area (Å²) in [5, 5.41) is 16.7. The summed E-state index contributed by atoms with van der Waals surface area (Å²) >= 11 is 0. The van der Waals surface area contributed by atoms with Gasteiger partial charge in [-0.3, -0.25) is 4.79 Å². The lowest BCUT2D eigenvalue weighted by molar-refractivity contribution is -0.124. The number of para-hydroxylation sites is 1. The molecule has 0 saturated carbocycles. The van der Waals surface area contributed by atoms with Crippen LogP contribution in [0.5, 0.6) is 5.75 Å². The van der Waals surface area contributed by atoms with Gasteiger partial charge in [0.05, 0.1) is 19.2 Å². The summed E-state index contributed by atoms with van der Waals surface area (Å²) in [5.41, 5.74) is 0. The molecule has 0 aromatic heterocycles. The van der Waals surface area contributed by atoms with E-state index in [9.17, 15) is 19.1 Å². The highest BCUT2D eigenvalue weighted by atomic mass is 19.1. The van der Waals surface area contributed by atoms with Gasteiger partial charge in [-0.2, -0.15) is 0 Å². The van der Waals surface area contributed by atoms with Gasteiger partial charge in [0.1, 0.15) is 12.6 Å². The molecule has 24 heavy (non-hydrogen) atoms. The molecule has 0 heterocycles. The Bertz CT molecular complexity index is 601. The van der Waals surface area contributed by atoms with Gasteiger partial charge in [0.2, 0.25) is 5.91 Å². The minimum absolute atomic E-state index is 0.0121. The third kappa shape index (κ3) is 6.54. The van der Waals surface area contributed by atoms with Gasteiger partial charge in [0.15, 0.2) is 11.6 Å². The maximum absolute atomic E-state index is 13.3. The second kappa shape index (κ2) is 10.1. The van der Waals surface area contributed by atoms with E-state index in [1.807, 2.05) is 0 Å². The van der Waals surface area contributed by atoms with Crippen molar-refractivity contribution in [1.82, 2.24) is 16.0 Å². The zero-order valence-electron chi connectivity index (χ0n) is 13.2. The lowest BCUT2D eigenvalue weighted by Crippen LogP contribution is -2.55. The van der Waals surface area contributed by atoms with Crippen molar-refractivity contribution >= 4 is 11.9 Å². The molecular weight excluding hydrogens is 317 g/mol. The first-order chi connectivity index (χ1) is 11.5. The SMILES string of the molecule is C#CCNC(=O)[C@@H](NC(=O)NCCOc1ccccc1F)[C@@H](C)O. The quantitative estimate of drug-likeness (QED) is 0.396. The van der Waals surface area contributed by atoms with Crippen molar-refractivity contribution in [2.45, 2.75) is 19.1 Å². The largest absolute Gasteiger partial charge is 0.489 e. The van der Waals surface area contributed by atoms with Crippen LogP contribution in [-0.4, -0.2) is 48.9 Å². The molecule has 0 saturated heterocycles. The topological polar surface area (TPSA) is 99.7 Å². The molecule has 7 nitrogen and oxygen atoms in total. The van der Waals surface area contributed by atoms with E-state index in [4.69, 9.17) is 11.2 Å². The van der Waals surface area contributed by atoms with Crippen LogP contribution in [0.4, 0.5) is 9.18 Å². The Balaban J connectivity index is 2.37. The second-order valence-electron chi connectivity index (χ2n) is 4.82. The van der Waals surface area contributed by atoms with Crippen LogP contribution in [0, 0.1) is 18.2 Å². The fourth-order valence-corrected chi connectivity index (χ4v) is 1.73. The normalized spacial score (nSPS) is 12.4. The Morgan fingerprint density at radius 1 is 1.38 bits per heavy atom. The first-order valence-corrected chi connectivity index (χ1v) is 7.26. The summed E-state index contributed by atoms with van der Waals surface area (Å²) < 4.78 is 18.5. The van der Waals surface area contributed by atoms with E-state index < -0.39 is 29.9 Å². The van der Waals surface area contributed by atoms with Crippen LogP contribution >= 0.6 is 0 Å². The Morgan fingerprint density at radius 2 is 2.08 bits per heavy atom. The molecule has 0 bridgehead atoms. The van der Waals surface area contributed by atoms with Crippen LogP contribution in [0.1, 0.15) is 6.92 Å². The van der Waals surface area contributed by atoms with Crippen molar-refractivity contribution in [2.75, 3.05) is 19.7 Å². The number of nitrogens with one attached hydrogen (secondary N) is 3. The lowest BCUT2D eigenvalue weighted by atomic mass is 10.1. The van der Waals surface area contributed by atoms with Crippen molar-refractivity contribution in [1.29, 1.82) is 0 Å². The van der Waals surface area contributed by atoms with Crippen molar-refractivity contribution in [3.8, 4) is 18.1 Å². The molecule has 0 fully saturated rings. The predicted molar refractivity (Wildman–Crippen MR) is 85.7 cm³/mol. The van der Waals surface area contributed by atoms with Gasteiger partial charge in [0.25, 0.3) is 0 Å². The van der Waals surface area contributed by atoms with Crippen molar-refractivity contribution in [3.05, 3.63) is 30.1 Å². The van der Waals surface area contributed by atoms with Gasteiger partial charge in [-0.15, -0.1) is 6.42 Å². The maximum Gasteiger partial charge on any atom is 0.315 e. The van der Waals surface area contributed by atoms with Gasteiger partial charge in [-0.1, -0.05) is 18.1 Å². The second-order valence-corrected chi connectivity index (χ2v) is 4.82. The molecule has 130 valence electrons. The standard InChI is InChI=1S/C16H20FN3O4/c1-3-8-18-15(22)14(11(2)21)20-16(23)19-9-10-24-13-7-5-4-6-12(13)17/h1,4-7,11,14,21H,8-10H2,2H3,(H,18,22)(H2,19,20,23)/t11-,14+/m1/s1. The Morgan fingerprint density at radius 3 is 2.71 bits per heavy atom. The minimum Gasteiger partial charge on any atom is -0.489 e. The van der Waals surface area contributed by atoms with E-state index in [0.717, 1.165) is 0 Å². The number of carbonyl (C=O) groups excluding carboxylic acids is 2. The molecule has 0 spiro atoms. The van der Waals surface area contributed by atoms with E-state index in [0.29, 0.717) is 0 Å². The van der Waals surface area contributed by atoms with Gasteiger partial charge in [0, 0.05) is 0 Å². The lowest BCUT2D eigenvalue weighted by Gasteiger charge is -2.20. The number of rotatable bonds is 8. The summed E-state index contributed by atoms with van der Waals surface area (Å²) in [6, 6.07) is 4.07. The minimum atomic E-state index is -1.15. The number of benzene rings is 1. The first-order valence-electron chi connectivity index (χ1n) is 7.26. The van der Waals surface area contributed by atoms with Gasteiger partial charge in [-0.05, 0) is 19.1 Å². The molecule has 3 amide bonds. The molecule has 1 aromatic carbocycles. The average Bonchev–Trinajstić information content (AvgIpc) is 2.55. The number of ether oxygens (including phenoxy) is 1. The third-order valence-corrected chi connectivity index (χ3v) is 2.90. The number of aliphatic hydroxyl groups excluding tert-OH is 1.